The first-order chi connectivity index (χ1) is 12.7. The summed E-state index contributed by atoms with van der Waals surface area (Å²) in [7, 11) is 0. The van der Waals surface area contributed by atoms with E-state index in [1.807, 2.05) is 6.08 Å². The van der Waals surface area contributed by atoms with Gasteiger partial charge in [0, 0.05) is 3.57 Å². The van der Waals surface area contributed by atoms with Crippen LogP contribution in [-0.4, -0.2) is 0 Å². The van der Waals surface area contributed by atoms with Gasteiger partial charge in [0.15, 0.2) is 0 Å². The molecule has 0 atom stereocenters. The molecule has 0 saturated heterocycles. The number of hydrogen-bond donors (Lipinski definition) is 0. The van der Waals surface area contributed by atoms with Crippen molar-refractivity contribution < 1.29 is 0 Å². The number of rotatable bonds is 3. The van der Waals surface area contributed by atoms with Crippen molar-refractivity contribution in [1.82, 2.24) is 0 Å². The summed E-state index contributed by atoms with van der Waals surface area (Å²) in [5.41, 5.74) is 1.33. The maximum atomic E-state index is 3.83. The lowest BCUT2D eigenvalue weighted by Crippen LogP contribution is -2.24. The lowest BCUT2D eigenvalue weighted by Gasteiger charge is -2.06. The summed E-state index contributed by atoms with van der Waals surface area (Å²) in [5.74, 6) is 0. The zero-order valence-corrected chi connectivity index (χ0v) is 16.6. The summed E-state index contributed by atoms with van der Waals surface area (Å²) in [6, 6.07) is 26.4. The molecular formula is C25H19I. The molecule has 0 heterocycles. The number of fused-ring (bicyclic) bond motifs is 3. The highest BCUT2D eigenvalue weighted by molar-refractivity contribution is 14.1. The van der Waals surface area contributed by atoms with Crippen molar-refractivity contribution in [3.8, 4) is 0 Å². The van der Waals surface area contributed by atoms with Crippen LogP contribution in [0.5, 0.6) is 0 Å². The Hall–Kier alpha value is -2.39. The summed E-state index contributed by atoms with van der Waals surface area (Å²) >= 11 is 2.35. The molecule has 4 aromatic rings. The second-order valence-electron chi connectivity index (χ2n) is 6.43. The Bertz CT molecular complexity index is 1230. The van der Waals surface area contributed by atoms with Gasteiger partial charge in [0.1, 0.15) is 0 Å². The number of allylic oxidation sites excluding steroid dienone is 1. The number of benzene rings is 4. The van der Waals surface area contributed by atoms with Crippen LogP contribution >= 0.6 is 22.6 Å². The second kappa shape index (κ2) is 7.46. The summed E-state index contributed by atoms with van der Waals surface area (Å²) in [5, 5.41) is 7.71. The molecule has 0 radical (unpaired) electrons. The van der Waals surface area contributed by atoms with Gasteiger partial charge in [-0.25, -0.2) is 0 Å². The third kappa shape index (κ3) is 3.45. The van der Waals surface area contributed by atoms with Crippen molar-refractivity contribution in [2.24, 2.45) is 0 Å². The molecule has 0 unspecified atom stereocenters. The summed E-state index contributed by atoms with van der Waals surface area (Å²) in [6.45, 7) is 3.83. The van der Waals surface area contributed by atoms with Crippen LogP contribution in [0.25, 0.3) is 33.7 Å². The van der Waals surface area contributed by atoms with Gasteiger partial charge in [-0.05, 0) is 78.7 Å². The Balaban J connectivity index is 1.76. The van der Waals surface area contributed by atoms with Crippen molar-refractivity contribution in [2.45, 2.75) is 6.42 Å². The highest BCUT2D eigenvalue weighted by Crippen LogP contribution is 2.26. The zero-order chi connectivity index (χ0) is 17.9. The smallest absolute Gasteiger partial charge is 0.0136 e. The minimum Gasteiger partial charge on any atom is -0.0990 e. The largest absolute Gasteiger partial charge is 0.0990 e. The molecule has 0 nitrogen and oxygen atoms in total. The molecule has 0 bridgehead atoms. The fraction of sp³-hybridized carbons (Fsp3) is 0.0400. The topological polar surface area (TPSA) is 0 Å². The van der Waals surface area contributed by atoms with Crippen LogP contribution < -0.4 is 10.4 Å². The highest BCUT2D eigenvalue weighted by Gasteiger charge is 2.01. The number of hydrogen-bond acceptors (Lipinski definition) is 0. The maximum Gasteiger partial charge on any atom is 0.0136 e. The van der Waals surface area contributed by atoms with Gasteiger partial charge in [0.05, 0.1) is 0 Å². The predicted octanol–water partition coefficient (Wildman–Crippen LogP) is 5.59. The van der Waals surface area contributed by atoms with Gasteiger partial charge in [-0.3, -0.25) is 0 Å². The van der Waals surface area contributed by atoms with Gasteiger partial charge in [-0.1, -0.05) is 85.5 Å². The molecule has 0 N–H and O–H groups in total. The zero-order valence-electron chi connectivity index (χ0n) is 14.5. The van der Waals surface area contributed by atoms with Gasteiger partial charge in [0.25, 0.3) is 0 Å². The van der Waals surface area contributed by atoms with E-state index in [0.29, 0.717) is 0 Å². The van der Waals surface area contributed by atoms with Gasteiger partial charge in [-0.2, -0.15) is 0 Å². The molecule has 1 heteroatoms. The Morgan fingerprint density at radius 2 is 1.58 bits per heavy atom. The molecule has 0 aromatic heterocycles. The third-order valence-electron chi connectivity index (χ3n) is 4.71. The lowest BCUT2D eigenvalue weighted by atomic mass is 9.99. The Labute approximate surface area is 167 Å². The van der Waals surface area contributed by atoms with Crippen LogP contribution in [-0.2, 0) is 6.42 Å². The van der Waals surface area contributed by atoms with E-state index in [1.54, 1.807) is 0 Å². The fourth-order valence-electron chi connectivity index (χ4n) is 3.42. The Morgan fingerprint density at radius 1 is 0.769 bits per heavy atom. The molecule has 0 aliphatic carbocycles. The van der Waals surface area contributed by atoms with Crippen LogP contribution in [0.4, 0.5) is 0 Å². The second-order valence-corrected chi connectivity index (χ2v) is 7.67. The van der Waals surface area contributed by atoms with Crippen molar-refractivity contribution in [1.29, 1.82) is 0 Å². The molecule has 4 rings (SSSR count). The van der Waals surface area contributed by atoms with E-state index in [1.165, 1.54) is 41.1 Å². The standard InChI is InChI=1S/C25H19I/c1-2-5-21-17-23(26)14-13-19(21)10-8-18-9-15-25-22(16-18)12-11-20-6-3-4-7-24(20)25/h2-7,9-17H,1,8H2/b19-10-,21-5-. The molecule has 4 aromatic carbocycles. The van der Waals surface area contributed by atoms with E-state index < -0.39 is 0 Å². The normalized spacial score (nSPS) is 12.8. The molecule has 0 fully saturated rings. The molecular weight excluding hydrogens is 427 g/mol. The van der Waals surface area contributed by atoms with Gasteiger partial charge in [-0.15, -0.1) is 0 Å². The minimum absolute atomic E-state index is 0.918. The molecule has 0 spiro atoms. The third-order valence-corrected chi connectivity index (χ3v) is 5.38. The van der Waals surface area contributed by atoms with Crippen molar-refractivity contribution >= 4 is 56.3 Å². The number of halogens is 1. The molecule has 126 valence electrons. The molecule has 0 aliphatic rings. The predicted molar refractivity (Wildman–Crippen MR) is 123 cm³/mol. The van der Waals surface area contributed by atoms with Gasteiger partial charge in [0.2, 0.25) is 0 Å². The van der Waals surface area contributed by atoms with Crippen LogP contribution in [0.2, 0.25) is 0 Å². The molecule has 26 heavy (non-hydrogen) atoms. The lowest BCUT2D eigenvalue weighted by molar-refractivity contribution is 1.33. The van der Waals surface area contributed by atoms with E-state index >= 15 is 0 Å². The van der Waals surface area contributed by atoms with E-state index in [4.69, 9.17) is 0 Å². The van der Waals surface area contributed by atoms with E-state index in [-0.39, 0.29) is 0 Å². The van der Waals surface area contributed by atoms with Crippen LogP contribution in [0.3, 0.4) is 0 Å². The molecule has 0 saturated carbocycles. The van der Waals surface area contributed by atoms with Crippen LogP contribution in [0, 0.1) is 3.57 Å². The maximum absolute atomic E-state index is 3.83. The first kappa shape index (κ1) is 17.0. The van der Waals surface area contributed by atoms with E-state index in [2.05, 4.69) is 114 Å². The summed E-state index contributed by atoms with van der Waals surface area (Å²) in [4.78, 5) is 0. The van der Waals surface area contributed by atoms with E-state index in [9.17, 15) is 0 Å². The summed E-state index contributed by atoms with van der Waals surface area (Å²) in [6.07, 6.45) is 7.14. The first-order valence-corrected chi connectivity index (χ1v) is 9.81. The minimum atomic E-state index is 0.918. The SMILES string of the molecule is C=C/C=c1/cc(I)cc/c1=C/Cc1ccc2c(ccc3ccccc32)c1. The quantitative estimate of drug-likeness (QED) is 0.285. The monoisotopic (exact) mass is 446 g/mol. The molecule has 0 amide bonds. The van der Waals surface area contributed by atoms with Crippen molar-refractivity contribution in [2.75, 3.05) is 0 Å². The fourth-order valence-corrected chi connectivity index (χ4v) is 3.94. The Morgan fingerprint density at radius 3 is 2.46 bits per heavy atom. The highest BCUT2D eigenvalue weighted by atomic mass is 127. The average molecular weight is 446 g/mol. The van der Waals surface area contributed by atoms with Crippen LogP contribution in [0.1, 0.15) is 5.56 Å². The van der Waals surface area contributed by atoms with Gasteiger partial charge >= 0.3 is 0 Å². The average Bonchev–Trinajstić information content (AvgIpc) is 2.67. The van der Waals surface area contributed by atoms with E-state index in [0.717, 1.165) is 6.42 Å². The first-order valence-electron chi connectivity index (χ1n) is 8.73. The van der Waals surface area contributed by atoms with Crippen molar-refractivity contribution in [3.63, 3.8) is 0 Å². The van der Waals surface area contributed by atoms with Crippen molar-refractivity contribution in [3.05, 3.63) is 105 Å². The van der Waals surface area contributed by atoms with Gasteiger partial charge < -0.3 is 0 Å². The molecule has 0 aliphatic heterocycles. The Kier molecular flexibility index (Phi) is 4.89. The van der Waals surface area contributed by atoms with Crippen LogP contribution in [0.15, 0.2) is 85.5 Å². The summed E-state index contributed by atoms with van der Waals surface area (Å²) < 4.78 is 1.24.